The Labute approximate surface area is 173 Å². The first kappa shape index (κ1) is 21.2. The second-order valence-corrected chi connectivity index (χ2v) is 7.76. The molecule has 154 valence electrons. The minimum absolute atomic E-state index is 0.106. The van der Waals surface area contributed by atoms with E-state index in [1.165, 1.54) is 0 Å². The Balaban J connectivity index is 1.24. The Morgan fingerprint density at radius 2 is 1.83 bits per heavy atom. The smallest absolute Gasteiger partial charge is 0.220 e. The van der Waals surface area contributed by atoms with Gasteiger partial charge >= 0.3 is 0 Å². The van der Waals surface area contributed by atoms with Crippen LogP contribution in [-0.4, -0.2) is 47.8 Å². The fourth-order valence-electron chi connectivity index (χ4n) is 3.84. The van der Waals surface area contributed by atoms with Crippen molar-refractivity contribution in [1.82, 2.24) is 15.2 Å². The van der Waals surface area contributed by atoms with E-state index < -0.39 is 0 Å². The van der Waals surface area contributed by atoms with Gasteiger partial charge in [0.25, 0.3) is 0 Å². The van der Waals surface area contributed by atoms with Crippen molar-refractivity contribution in [3.63, 3.8) is 0 Å². The van der Waals surface area contributed by atoms with Gasteiger partial charge in [0.15, 0.2) is 5.78 Å². The summed E-state index contributed by atoms with van der Waals surface area (Å²) >= 11 is 0. The molecular weight excluding hydrogens is 362 g/mol. The van der Waals surface area contributed by atoms with Crippen LogP contribution in [0, 0.1) is 5.92 Å². The number of ketones is 1. The zero-order valence-corrected chi connectivity index (χ0v) is 17.1. The third-order valence-electron chi connectivity index (χ3n) is 5.60. The third-order valence-corrected chi connectivity index (χ3v) is 5.60. The van der Waals surface area contributed by atoms with Gasteiger partial charge < -0.3 is 10.2 Å². The minimum Gasteiger partial charge on any atom is -0.356 e. The monoisotopic (exact) mass is 393 g/mol. The molecule has 0 atom stereocenters. The van der Waals surface area contributed by atoms with Crippen molar-refractivity contribution in [3.8, 4) is 0 Å². The summed E-state index contributed by atoms with van der Waals surface area (Å²) in [5.41, 5.74) is 1.93. The number of carbonyl (C=O) groups excluding carboxylic acids is 2. The lowest BCUT2D eigenvalue weighted by molar-refractivity contribution is -0.121. The molecule has 3 rings (SSSR count). The highest BCUT2D eigenvalue weighted by atomic mass is 16.1. The first-order chi connectivity index (χ1) is 14.2. The van der Waals surface area contributed by atoms with Gasteiger partial charge in [0.1, 0.15) is 0 Å². The highest BCUT2D eigenvalue weighted by Crippen LogP contribution is 2.22. The maximum absolute atomic E-state index is 12.6. The summed E-state index contributed by atoms with van der Waals surface area (Å²) in [6, 6.07) is 13.5. The Bertz CT molecular complexity index is 756. The summed E-state index contributed by atoms with van der Waals surface area (Å²) in [6.45, 7) is 3.74. The number of amides is 1. The molecule has 29 heavy (non-hydrogen) atoms. The molecular formula is C24H31N3O2. The summed E-state index contributed by atoms with van der Waals surface area (Å²) in [6.07, 6.45) is 8.74. The molecule has 0 bridgehead atoms. The highest BCUT2D eigenvalue weighted by Gasteiger charge is 2.25. The second kappa shape index (κ2) is 11.5. The average molecular weight is 394 g/mol. The van der Waals surface area contributed by atoms with Crippen LogP contribution >= 0.6 is 0 Å². The molecule has 5 heteroatoms. The Hall–Kier alpha value is -2.53. The maximum atomic E-state index is 12.6. The third kappa shape index (κ3) is 7.09. The van der Waals surface area contributed by atoms with Crippen LogP contribution in [0.25, 0.3) is 0 Å². The van der Waals surface area contributed by atoms with Gasteiger partial charge in [-0.1, -0.05) is 36.4 Å². The summed E-state index contributed by atoms with van der Waals surface area (Å²) in [5, 5.41) is 3.01. The summed E-state index contributed by atoms with van der Waals surface area (Å²) in [4.78, 5) is 31.0. The van der Waals surface area contributed by atoms with E-state index in [2.05, 4.69) is 15.2 Å². The van der Waals surface area contributed by atoms with Crippen LogP contribution in [0.1, 0.15) is 48.0 Å². The van der Waals surface area contributed by atoms with Crippen molar-refractivity contribution >= 4 is 11.7 Å². The van der Waals surface area contributed by atoms with E-state index in [1.54, 1.807) is 6.20 Å². The number of unbranched alkanes of at least 4 members (excludes halogenated alkanes) is 1. The average Bonchev–Trinajstić information content (AvgIpc) is 2.79. The van der Waals surface area contributed by atoms with Gasteiger partial charge in [-0.2, -0.15) is 0 Å². The number of likely N-dealkylation sites (tertiary alicyclic amines) is 1. The molecule has 1 saturated heterocycles. The standard InChI is InChI=1S/C24H31N3O2/c28-23(11-10-20-7-6-14-25-19-20)26-15-4-5-16-27-17-12-22(13-18-27)24(29)21-8-2-1-3-9-21/h1-3,6-9,14,19,22H,4-5,10-13,15-18H2,(H,26,28). The first-order valence-electron chi connectivity index (χ1n) is 10.7. The van der Waals surface area contributed by atoms with Crippen LogP contribution in [0.15, 0.2) is 54.9 Å². The molecule has 1 aromatic heterocycles. The molecule has 0 unspecified atom stereocenters. The van der Waals surface area contributed by atoms with Crippen molar-refractivity contribution in [2.75, 3.05) is 26.2 Å². The normalized spacial score (nSPS) is 15.2. The van der Waals surface area contributed by atoms with Crippen molar-refractivity contribution in [2.45, 2.75) is 38.5 Å². The van der Waals surface area contributed by atoms with E-state index in [0.29, 0.717) is 12.2 Å². The number of piperidine rings is 1. The fraction of sp³-hybridized carbons (Fsp3) is 0.458. The lowest BCUT2D eigenvalue weighted by Crippen LogP contribution is -2.37. The maximum Gasteiger partial charge on any atom is 0.220 e. The van der Waals surface area contributed by atoms with Gasteiger partial charge in [-0.15, -0.1) is 0 Å². The van der Waals surface area contributed by atoms with Gasteiger partial charge in [-0.05, 0) is 63.4 Å². The molecule has 0 saturated carbocycles. The van der Waals surface area contributed by atoms with Crippen LogP contribution < -0.4 is 5.32 Å². The second-order valence-electron chi connectivity index (χ2n) is 7.76. The summed E-state index contributed by atoms with van der Waals surface area (Å²) < 4.78 is 0. The molecule has 5 nitrogen and oxygen atoms in total. The predicted octanol–water partition coefficient (Wildman–Crippen LogP) is 3.51. The zero-order chi connectivity index (χ0) is 20.3. The number of hydrogen-bond acceptors (Lipinski definition) is 4. The summed E-state index contributed by atoms with van der Waals surface area (Å²) in [5.74, 6) is 0.557. The molecule has 2 heterocycles. The number of carbonyl (C=O) groups is 2. The molecule has 0 aliphatic carbocycles. The molecule has 2 aromatic rings. The number of aryl methyl sites for hydroxylation is 1. The van der Waals surface area contributed by atoms with E-state index in [0.717, 1.165) is 69.4 Å². The van der Waals surface area contributed by atoms with Crippen molar-refractivity contribution in [3.05, 3.63) is 66.0 Å². The number of aromatic nitrogens is 1. The molecule has 1 aliphatic rings. The van der Waals surface area contributed by atoms with Crippen molar-refractivity contribution in [2.24, 2.45) is 5.92 Å². The quantitative estimate of drug-likeness (QED) is 0.496. The van der Waals surface area contributed by atoms with E-state index in [-0.39, 0.29) is 11.8 Å². The largest absolute Gasteiger partial charge is 0.356 e. The Morgan fingerprint density at radius 1 is 1.03 bits per heavy atom. The SMILES string of the molecule is O=C(CCc1cccnc1)NCCCCN1CCC(C(=O)c2ccccc2)CC1. The van der Waals surface area contributed by atoms with Gasteiger partial charge in [-0.3, -0.25) is 14.6 Å². The van der Waals surface area contributed by atoms with Crippen molar-refractivity contribution < 1.29 is 9.59 Å². The lowest BCUT2D eigenvalue weighted by atomic mass is 9.89. The Kier molecular flexibility index (Phi) is 8.38. The van der Waals surface area contributed by atoms with Crippen LogP contribution in [0.2, 0.25) is 0 Å². The summed E-state index contributed by atoms with van der Waals surface area (Å²) in [7, 11) is 0. The van der Waals surface area contributed by atoms with Crippen LogP contribution in [-0.2, 0) is 11.2 Å². The van der Waals surface area contributed by atoms with Crippen LogP contribution in [0.5, 0.6) is 0 Å². The number of pyridine rings is 1. The van der Waals surface area contributed by atoms with E-state index in [1.807, 2.05) is 48.7 Å². The van der Waals surface area contributed by atoms with Gasteiger partial charge in [0.2, 0.25) is 5.91 Å². The molecule has 1 N–H and O–H groups in total. The minimum atomic E-state index is 0.106. The van der Waals surface area contributed by atoms with Gasteiger partial charge in [-0.25, -0.2) is 0 Å². The van der Waals surface area contributed by atoms with Gasteiger partial charge in [0, 0.05) is 36.8 Å². The number of nitrogens with one attached hydrogen (secondary N) is 1. The number of hydrogen-bond donors (Lipinski definition) is 1. The molecule has 0 spiro atoms. The van der Waals surface area contributed by atoms with Crippen molar-refractivity contribution in [1.29, 1.82) is 0 Å². The van der Waals surface area contributed by atoms with E-state index in [4.69, 9.17) is 0 Å². The topological polar surface area (TPSA) is 62.3 Å². The molecule has 1 amide bonds. The van der Waals surface area contributed by atoms with Gasteiger partial charge in [0.05, 0.1) is 0 Å². The van der Waals surface area contributed by atoms with E-state index in [9.17, 15) is 9.59 Å². The number of rotatable bonds is 10. The predicted molar refractivity (Wildman–Crippen MR) is 115 cm³/mol. The highest BCUT2D eigenvalue weighted by molar-refractivity contribution is 5.97. The first-order valence-corrected chi connectivity index (χ1v) is 10.7. The number of benzene rings is 1. The fourth-order valence-corrected chi connectivity index (χ4v) is 3.84. The van der Waals surface area contributed by atoms with Crippen LogP contribution in [0.4, 0.5) is 0 Å². The van der Waals surface area contributed by atoms with E-state index >= 15 is 0 Å². The van der Waals surface area contributed by atoms with Crippen LogP contribution in [0.3, 0.4) is 0 Å². The number of Topliss-reactive ketones (excluding diaryl/α,β-unsaturated/α-hetero) is 1. The number of nitrogens with zero attached hydrogens (tertiary/aromatic N) is 2. The molecule has 1 aliphatic heterocycles. The zero-order valence-electron chi connectivity index (χ0n) is 17.1. The lowest BCUT2D eigenvalue weighted by Gasteiger charge is -2.31. The molecule has 1 fully saturated rings. The Morgan fingerprint density at radius 3 is 2.55 bits per heavy atom. The molecule has 0 radical (unpaired) electrons. The molecule has 1 aromatic carbocycles.